The summed E-state index contributed by atoms with van der Waals surface area (Å²) in [6, 6.07) is 1.98. The Kier molecular flexibility index (Phi) is 3.89. The highest BCUT2D eigenvalue weighted by atomic mass is 16.9. The fourth-order valence-electron chi connectivity index (χ4n) is 6.75. The van der Waals surface area contributed by atoms with Crippen LogP contribution in [0.5, 0.6) is 11.5 Å². The van der Waals surface area contributed by atoms with E-state index in [4.69, 9.17) is 28.4 Å². The van der Waals surface area contributed by atoms with Crippen molar-refractivity contribution < 1.29 is 43.4 Å². The van der Waals surface area contributed by atoms with E-state index in [1.165, 1.54) is 14.2 Å². The number of carbonyl (C=O) groups excluding carboxylic acids is 1. The maximum atomic E-state index is 12.8. The number of hydrogen-bond acceptors (Lipinski definition) is 9. The summed E-state index contributed by atoms with van der Waals surface area (Å²) in [4.78, 5) is 12.8. The highest BCUT2D eigenvalue weighted by molar-refractivity contribution is 6.10. The maximum absolute atomic E-state index is 12.8. The van der Waals surface area contributed by atoms with Crippen molar-refractivity contribution in [3.63, 3.8) is 0 Å². The van der Waals surface area contributed by atoms with Crippen molar-refractivity contribution in [2.45, 2.75) is 68.8 Å². The zero-order valence-corrected chi connectivity index (χ0v) is 19.4. The van der Waals surface area contributed by atoms with Crippen LogP contribution in [0.4, 0.5) is 0 Å². The minimum Gasteiger partial charge on any atom is -0.506 e. The number of Topliss-reactive ketones (excluding diaryl/α,β-unsaturated/α-hetero) is 1. The van der Waals surface area contributed by atoms with Gasteiger partial charge in [-0.15, -0.1) is 0 Å². The Bertz CT molecular complexity index is 1290. The minimum absolute atomic E-state index is 0.0846. The van der Waals surface area contributed by atoms with Crippen molar-refractivity contribution in [1.29, 1.82) is 0 Å². The minimum atomic E-state index is -1.90. The number of aromatic hydroxyl groups is 1. The molecule has 5 unspecified atom stereocenters. The van der Waals surface area contributed by atoms with Crippen LogP contribution in [-0.2, 0) is 30.1 Å². The summed E-state index contributed by atoms with van der Waals surface area (Å²) < 4.78 is 35.9. The standard InChI is InChI=1S/C25H26O9/c1-10-8-13-11(2)12-6-5-7-14(26)16(12)18(27)17(13)19-15(10)20-21-24(28,32-19)23(9-31-23)25(33-20,34-21)22(29-3)30-4/h8,20-22,27-28H,5-7,9H2,1-4H3. The molecule has 4 aliphatic heterocycles. The number of ketones is 1. The molecule has 2 aromatic carbocycles. The van der Waals surface area contributed by atoms with Gasteiger partial charge in [0.05, 0.1) is 17.6 Å². The van der Waals surface area contributed by atoms with E-state index in [0.29, 0.717) is 28.7 Å². The molecule has 2 aromatic rings. The Balaban J connectivity index is 1.52. The molecule has 0 radical (unpaired) electrons. The van der Waals surface area contributed by atoms with E-state index in [-0.39, 0.29) is 18.1 Å². The number of aliphatic hydroxyl groups is 1. The molecular formula is C25H26O9. The summed E-state index contributed by atoms with van der Waals surface area (Å²) >= 11 is 0. The van der Waals surface area contributed by atoms with E-state index in [1.807, 2.05) is 19.9 Å². The molecule has 0 saturated carbocycles. The lowest BCUT2D eigenvalue weighted by atomic mass is 9.77. The van der Waals surface area contributed by atoms with Crippen molar-refractivity contribution >= 4 is 16.6 Å². The Labute approximate surface area is 195 Å². The lowest BCUT2D eigenvalue weighted by Crippen LogP contribution is -2.69. The average molecular weight is 470 g/mol. The molecule has 1 spiro atoms. The van der Waals surface area contributed by atoms with E-state index in [2.05, 4.69) is 0 Å². The third kappa shape index (κ3) is 2.04. The van der Waals surface area contributed by atoms with Gasteiger partial charge in [0.25, 0.3) is 11.6 Å². The highest BCUT2D eigenvalue weighted by Gasteiger charge is 2.92. The fourth-order valence-corrected chi connectivity index (χ4v) is 6.75. The first-order valence-corrected chi connectivity index (χ1v) is 11.6. The SMILES string of the molecule is COC(OC)C12OC3c4c(C)cc5c(C)c6c(c(O)c5c4OC(O)(C3O1)C21CO1)C(=O)CCC6. The number of epoxide rings is 1. The van der Waals surface area contributed by atoms with Crippen molar-refractivity contribution in [2.75, 3.05) is 20.8 Å². The largest absolute Gasteiger partial charge is 0.506 e. The van der Waals surface area contributed by atoms with Gasteiger partial charge in [0.1, 0.15) is 17.6 Å². The molecule has 5 atom stereocenters. The number of fused-ring (bicyclic) bond motifs is 8. The van der Waals surface area contributed by atoms with Gasteiger partial charge in [0.2, 0.25) is 11.9 Å². The molecule has 3 saturated heterocycles. The smallest absolute Gasteiger partial charge is 0.274 e. The second kappa shape index (κ2) is 6.29. The second-order valence-electron chi connectivity index (χ2n) is 9.92. The van der Waals surface area contributed by atoms with Gasteiger partial charge < -0.3 is 38.6 Å². The first kappa shape index (κ1) is 21.0. The van der Waals surface area contributed by atoms with E-state index in [1.54, 1.807) is 0 Å². The molecular weight excluding hydrogens is 444 g/mol. The normalized spacial score (nSPS) is 36.8. The zero-order chi connectivity index (χ0) is 23.8. The summed E-state index contributed by atoms with van der Waals surface area (Å²) in [5.74, 6) is -3.33. The third-order valence-electron chi connectivity index (χ3n) is 8.39. The number of methoxy groups -OCH3 is 2. The van der Waals surface area contributed by atoms with Crippen LogP contribution in [0.2, 0.25) is 0 Å². The van der Waals surface area contributed by atoms with Gasteiger partial charge in [-0.25, -0.2) is 0 Å². The van der Waals surface area contributed by atoms with Crippen LogP contribution in [-0.4, -0.2) is 66.4 Å². The Morgan fingerprint density at radius 3 is 2.59 bits per heavy atom. The van der Waals surface area contributed by atoms with E-state index in [0.717, 1.165) is 34.9 Å². The third-order valence-corrected chi connectivity index (χ3v) is 8.39. The fraction of sp³-hybridized carbons (Fsp3) is 0.560. The molecule has 0 aromatic heterocycles. The summed E-state index contributed by atoms with van der Waals surface area (Å²) in [6.45, 7) is 4.01. The van der Waals surface area contributed by atoms with Crippen LogP contribution in [0.15, 0.2) is 6.07 Å². The van der Waals surface area contributed by atoms with Crippen LogP contribution in [0.1, 0.15) is 51.6 Å². The summed E-state index contributed by atoms with van der Waals surface area (Å²) in [5, 5.41) is 24.5. The van der Waals surface area contributed by atoms with E-state index < -0.39 is 35.7 Å². The molecule has 1 aliphatic carbocycles. The summed E-state index contributed by atoms with van der Waals surface area (Å²) in [7, 11) is 2.93. The number of phenolic OH excluding ortho intramolecular Hbond substituents is 1. The maximum Gasteiger partial charge on any atom is 0.274 e. The lowest BCUT2D eigenvalue weighted by molar-refractivity contribution is -0.344. The Morgan fingerprint density at radius 2 is 1.91 bits per heavy atom. The van der Waals surface area contributed by atoms with Gasteiger partial charge in [-0.1, -0.05) is 6.07 Å². The highest BCUT2D eigenvalue weighted by Crippen LogP contribution is 2.70. The molecule has 0 amide bonds. The predicted octanol–water partition coefficient (Wildman–Crippen LogP) is 2.32. The number of carbonyl (C=O) groups is 1. The topological polar surface area (TPSA) is 116 Å². The summed E-state index contributed by atoms with van der Waals surface area (Å²) in [6.07, 6.45) is -0.701. The second-order valence-corrected chi connectivity index (χ2v) is 9.92. The summed E-state index contributed by atoms with van der Waals surface area (Å²) in [5.41, 5.74) is 2.32. The number of hydrogen-bond donors (Lipinski definition) is 2. The zero-order valence-electron chi connectivity index (χ0n) is 19.4. The van der Waals surface area contributed by atoms with Crippen LogP contribution in [0.25, 0.3) is 10.8 Å². The number of ether oxygens (including phenoxy) is 6. The molecule has 180 valence electrons. The van der Waals surface area contributed by atoms with Crippen LogP contribution in [0.3, 0.4) is 0 Å². The first-order valence-electron chi connectivity index (χ1n) is 11.6. The van der Waals surface area contributed by atoms with Crippen molar-refractivity contribution in [1.82, 2.24) is 0 Å². The van der Waals surface area contributed by atoms with Gasteiger partial charge in [-0.05, 0) is 48.8 Å². The van der Waals surface area contributed by atoms with Gasteiger partial charge in [0.15, 0.2) is 11.9 Å². The first-order chi connectivity index (χ1) is 16.2. The van der Waals surface area contributed by atoms with Crippen molar-refractivity contribution in [3.8, 4) is 11.5 Å². The number of rotatable bonds is 3. The molecule has 2 bridgehead atoms. The molecule has 9 nitrogen and oxygen atoms in total. The Morgan fingerprint density at radius 1 is 1.18 bits per heavy atom. The van der Waals surface area contributed by atoms with Gasteiger partial charge >= 0.3 is 0 Å². The van der Waals surface area contributed by atoms with Gasteiger partial charge in [-0.2, -0.15) is 0 Å². The van der Waals surface area contributed by atoms with Gasteiger partial charge in [0, 0.05) is 26.2 Å². The Hall–Kier alpha value is -2.27. The van der Waals surface area contributed by atoms with Gasteiger partial charge in [-0.3, -0.25) is 4.79 Å². The monoisotopic (exact) mass is 470 g/mol. The van der Waals surface area contributed by atoms with E-state index in [9.17, 15) is 15.0 Å². The molecule has 5 aliphatic rings. The van der Waals surface area contributed by atoms with Crippen molar-refractivity contribution in [3.05, 3.63) is 33.9 Å². The van der Waals surface area contributed by atoms with E-state index >= 15 is 0 Å². The molecule has 3 fully saturated rings. The quantitative estimate of drug-likeness (QED) is 0.515. The molecule has 7 rings (SSSR count). The average Bonchev–Trinajstić information content (AvgIpc) is 3.49. The molecule has 34 heavy (non-hydrogen) atoms. The number of aryl methyl sites for hydroxylation is 2. The lowest BCUT2D eigenvalue weighted by Gasteiger charge is -2.47. The molecule has 9 heteroatoms. The van der Waals surface area contributed by atoms with Crippen molar-refractivity contribution in [2.24, 2.45) is 0 Å². The molecule has 2 N–H and O–H groups in total. The van der Waals surface area contributed by atoms with Crippen LogP contribution >= 0.6 is 0 Å². The van der Waals surface area contributed by atoms with Crippen LogP contribution in [0, 0.1) is 13.8 Å². The van der Waals surface area contributed by atoms with Crippen LogP contribution < -0.4 is 4.74 Å². The number of phenols is 1. The predicted molar refractivity (Wildman–Crippen MR) is 116 cm³/mol. The molecule has 4 heterocycles. The number of benzene rings is 2.